The van der Waals surface area contributed by atoms with Gasteiger partial charge in [-0.1, -0.05) is 18.2 Å². The summed E-state index contributed by atoms with van der Waals surface area (Å²) in [5.74, 6) is -0.313. The number of nitrogens with one attached hydrogen (secondary N) is 2. The van der Waals surface area contributed by atoms with Crippen LogP contribution in [0.2, 0.25) is 0 Å². The Morgan fingerprint density at radius 3 is 2.33 bits per heavy atom. The van der Waals surface area contributed by atoms with Crippen molar-refractivity contribution in [3.8, 4) is 0 Å². The fourth-order valence-electron chi connectivity index (χ4n) is 4.41. The van der Waals surface area contributed by atoms with Crippen LogP contribution in [0.1, 0.15) is 57.2 Å². The van der Waals surface area contributed by atoms with E-state index >= 15 is 0 Å². The lowest BCUT2D eigenvalue weighted by Gasteiger charge is -2.33. The highest BCUT2D eigenvalue weighted by Gasteiger charge is 2.33. The van der Waals surface area contributed by atoms with E-state index in [2.05, 4.69) is 19.2 Å². The van der Waals surface area contributed by atoms with Gasteiger partial charge < -0.3 is 10.2 Å². The largest absolute Gasteiger partial charge is 0.325 e. The summed E-state index contributed by atoms with van der Waals surface area (Å²) in [4.78, 5) is 15.6. The molecule has 2 N–H and O–H groups in total. The van der Waals surface area contributed by atoms with Crippen LogP contribution in [0.25, 0.3) is 0 Å². The third-order valence-electron chi connectivity index (χ3n) is 6.09. The minimum atomic E-state index is -0.220. The van der Waals surface area contributed by atoms with Crippen molar-refractivity contribution in [2.24, 2.45) is 0 Å². The molecule has 3 nitrogen and oxygen atoms in total. The van der Waals surface area contributed by atoms with Gasteiger partial charge in [0.05, 0.1) is 18.7 Å². The molecule has 1 aliphatic rings. The predicted octanol–water partition coefficient (Wildman–Crippen LogP) is 4.91. The zero-order valence-corrected chi connectivity index (χ0v) is 18.3. The van der Waals surface area contributed by atoms with E-state index < -0.39 is 0 Å². The molecule has 0 unspecified atom stereocenters. The fourth-order valence-corrected chi connectivity index (χ4v) is 5.50. The summed E-state index contributed by atoms with van der Waals surface area (Å²) < 4.78 is 13.7. The number of hydrogen-bond acceptors (Lipinski definition) is 2. The van der Waals surface area contributed by atoms with Gasteiger partial charge in [0.1, 0.15) is 16.9 Å². The number of thiophene rings is 1. The van der Waals surface area contributed by atoms with Crippen molar-refractivity contribution >= 4 is 22.2 Å². The Kier molecular flexibility index (Phi) is 6.30. The maximum Gasteiger partial charge on any atom is 0.256 e. The molecular formula is C25H28FN2OS+. The predicted molar refractivity (Wildman–Crippen MR) is 121 cm³/mol. The molecule has 1 amide bonds. The van der Waals surface area contributed by atoms with Gasteiger partial charge in [0.15, 0.2) is 0 Å². The molecule has 1 atom stereocenters. The molecule has 0 bridgehead atoms. The van der Waals surface area contributed by atoms with Crippen LogP contribution in [0, 0.1) is 19.7 Å². The topological polar surface area (TPSA) is 33.5 Å². The molecule has 30 heavy (non-hydrogen) atoms. The first kappa shape index (κ1) is 20.8. The lowest BCUT2D eigenvalue weighted by molar-refractivity contribution is -0.930. The average Bonchev–Trinajstić information content (AvgIpc) is 3.04. The molecule has 3 aromatic rings. The van der Waals surface area contributed by atoms with E-state index in [4.69, 9.17) is 0 Å². The van der Waals surface area contributed by atoms with E-state index in [1.165, 1.54) is 40.2 Å². The van der Waals surface area contributed by atoms with Crippen molar-refractivity contribution < 1.29 is 14.1 Å². The van der Waals surface area contributed by atoms with Gasteiger partial charge in [0, 0.05) is 16.0 Å². The summed E-state index contributed by atoms with van der Waals surface area (Å²) in [5, 5.41) is 4.09. The Morgan fingerprint density at radius 1 is 1.00 bits per heavy atom. The van der Waals surface area contributed by atoms with E-state index in [-0.39, 0.29) is 17.8 Å². The molecule has 1 aromatic heterocycles. The molecule has 4 rings (SSSR count). The minimum Gasteiger partial charge on any atom is -0.325 e. The van der Waals surface area contributed by atoms with Crippen molar-refractivity contribution in [2.45, 2.75) is 39.2 Å². The number of rotatable bonds is 5. The molecule has 156 valence electrons. The van der Waals surface area contributed by atoms with Crippen LogP contribution in [0.3, 0.4) is 0 Å². The van der Waals surface area contributed by atoms with Gasteiger partial charge in [-0.25, -0.2) is 4.39 Å². The van der Waals surface area contributed by atoms with Crippen molar-refractivity contribution in [3.63, 3.8) is 0 Å². The number of quaternary nitrogens is 1. The number of carbonyl (C=O) groups is 1. The second-order valence-corrected chi connectivity index (χ2v) is 9.27. The van der Waals surface area contributed by atoms with Crippen molar-refractivity contribution in [1.82, 2.24) is 0 Å². The highest BCUT2D eigenvalue weighted by Crippen LogP contribution is 2.38. The summed E-state index contributed by atoms with van der Waals surface area (Å²) in [6, 6.07) is 16.3. The van der Waals surface area contributed by atoms with Gasteiger partial charge in [-0.2, -0.15) is 0 Å². The summed E-state index contributed by atoms with van der Waals surface area (Å²) >= 11 is 1.63. The molecule has 1 saturated heterocycles. The van der Waals surface area contributed by atoms with Crippen molar-refractivity contribution in [3.05, 3.63) is 87.5 Å². The molecule has 0 saturated carbocycles. The average molecular weight is 424 g/mol. The van der Waals surface area contributed by atoms with Crippen LogP contribution in [-0.4, -0.2) is 19.0 Å². The number of piperidine rings is 1. The van der Waals surface area contributed by atoms with Gasteiger partial charge in [-0.15, -0.1) is 11.3 Å². The van der Waals surface area contributed by atoms with Crippen LogP contribution in [-0.2, 0) is 0 Å². The Morgan fingerprint density at radius 2 is 1.67 bits per heavy atom. The van der Waals surface area contributed by atoms with E-state index in [0.29, 0.717) is 5.56 Å². The number of anilines is 1. The highest BCUT2D eigenvalue weighted by atomic mass is 32.1. The number of halogens is 1. The quantitative estimate of drug-likeness (QED) is 0.600. The first-order valence-electron chi connectivity index (χ1n) is 10.6. The number of likely N-dealkylation sites (tertiary alicyclic amines) is 1. The third kappa shape index (κ3) is 4.32. The van der Waals surface area contributed by atoms with E-state index in [9.17, 15) is 9.18 Å². The van der Waals surface area contributed by atoms with E-state index in [1.807, 2.05) is 42.5 Å². The molecule has 1 fully saturated rings. The zero-order chi connectivity index (χ0) is 21.1. The summed E-state index contributed by atoms with van der Waals surface area (Å²) in [7, 11) is 0. The molecule has 5 heteroatoms. The van der Waals surface area contributed by atoms with Crippen LogP contribution in [0.5, 0.6) is 0 Å². The molecule has 2 heterocycles. The monoisotopic (exact) mass is 423 g/mol. The fraction of sp³-hybridized carbons (Fsp3) is 0.320. The van der Waals surface area contributed by atoms with Crippen LogP contribution in [0.15, 0.2) is 54.6 Å². The smallest absolute Gasteiger partial charge is 0.256 e. The van der Waals surface area contributed by atoms with Gasteiger partial charge in [-0.3, -0.25) is 4.79 Å². The second kappa shape index (κ2) is 9.11. The standard InChI is InChI=1S/C25H27FN2OS/c1-17-18(2)30-25(27-24(29)20-9-5-3-6-10-20)22(17)23(28-15-7-4-8-16-28)19-11-13-21(26)14-12-19/h3,5-6,9-14,23H,4,7-8,15-16H2,1-2H3,(H,27,29)/p+1/t23-/m0/s1. The number of amides is 1. The Labute approximate surface area is 181 Å². The third-order valence-corrected chi connectivity index (χ3v) is 7.23. The molecule has 0 aliphatic carbocycles. The summed E-state index contributed by atoms with van der Waals surface area (Å²) in [6.45, 7) is 6.42. The summed E-state index contributed by atoms with van der Waals surface area (Å²) in [6.07, 6.45) is 3.65. The van der Waals surface area contributed by atoms with Gasteiger partial charge >= 0.3 is 0 Å². The minimum absolute atomic E-state index is 0.0851. The maximum atomic E-state index is 13.7. The molecular weight excluding hydrogens is 395 g/mol. The Bertz CT molecular complexity index is 1010. The van der Waals surface area contributed by atoms with Gasteiger partial charge in [-0.05, 0) is 75.1 Å². The SMILES string of the molecule is Cc1sc(NC(=O)c2ccccc2)c([C@H](c2ccc(F)cc2)[NH+]2CCCCC2)c1C. The Balaban J connectivity index is 1.76. The lowest BCUT2D eigenvalue weighted by Crippen LogP contribution is -3.13. The molecule has 1 aliphatic heterocycles. The van der Waals surface area contributed by atoms with Gasteiger partial charge in [0.2, 0.25) is 0 Å². The molecule has 0 spiro atoms. The normalized spacial score (nSPS) is 15.7. The van der Waals surface area contributed by atoms with Crippen LogP contribution >= 0.6 is 11.3 Å². The van der Waals surface area contributed by atoms with E-state index in [1.54, 1.807) is 23.5 Å². The molecule has 2 aromatic carbocycles. The van der Waals surface area contributed by atoms with E-state index in [0.717, 1.165) is 23.7 Å². The van der Waals surface area contributed by atoms with Crippen molar-refractivity contribution in [1.29, 1.82) is 0 Å². The Hall–Kier alpha value is -2.50. The highest BCUT2D eigenvalue weighted by molar-refractivity contribution is 7.16. The number of benzene rings is 2. The number of aryl methyl sites for hydroxylation is 1. The van der Waals surface area contributed by atoms with Gasteiger partial charge in [0.25, 0.3) is 5.91 Å². The lowest BCUT2D eigenvalue weighted by atomic mass is 9.93. The number of hydrogen-bond donors (Lipinski definition) is 2. The second-order valence-electron chi connectivity index (χ2n) is 8.05. The summed E-state index contributed by atoms with van der Waals surface area (Å²) in [5.41, 5.74) is 4.14. The van der Waals surface area contributed by atoms with Crippen LogP contribution < -0.4 is 10.2 Å². The first-order chi connectivity index (χ1) is 14.5. The molecule has 0 radical (unpaired) electrons. The first-order valence-corrected chi connectivity index (χ1v) is 11.4. The number of carbonyl (C=O) groups excluding carboxylic acids is 1. The zero-order valence-electron chi connectivity index (χ0n) is 17.5. The maximum absolute atomic E-state index is 13.7. The van der Waals surface area contributed by atoms with Crippen molar-refractivity contribution in [2.75, 3.05) is 18.4 Å². The van der Waals surface area contributed by atoms with Crippen LogP contribution in [0.4, 0.5) is 9.39 Å².